The minimum Gasteiger partial charge on any atom is -0.354 e. The van der Waals surface area contributed by atoms with Crippen molar-refractivity contribution in [2.24, 2.45) is 0 Å². The lowest BCUT2D eigenvalue weighted by Crippen LogP contribution is -2.42. The second kappa shape index (κ2) is 10.9. The van der Waals surface area contributed by atoms with E-state index in [0.717, 1.165) is 5.56 Å². The molecule has 0 saturated carbocycles. The first-order chi connectivity index (χ1) is 14.6. The predicted molar refractivity (Wildman–Crippen MR) is 115 cm³/mol. The van der Waals surface area contributed by atoms with E-state index in [2.05, 4.69) is 20.5 Å². The highest BCUT2D eigenvalue weighted by Crippen LogP contribution is 2.16. The molecule has 10 heteroatoms. The van der Waals surface area contributed by atoms with Crippen molar-refractivity contribution in [2.75, 3.05) is 25.4 Å². The summed E-state index contributed by atoms with van der Waals surface area (Å²) in [6, 6.07) is 17.8. The van der Waals surface area contributed by atoms with Gasteiger partial charge in [-0.2, -0.15) is 9.40 Å². The fraction of sp³-hybridized carbons (Fsp3) is 0.250. The zero-order chi connectivity index (χ0) is 21.2. The molecule has 1 aromatic heterocycles. The van der Waals surface area contributed by atoms with E-state index in [1.165, 1.54) is 34.5 Å². The molecule has 1 heterocycles. The second-order valence-corrected chi connectivity index (χ2v) is 9.40. The van der Waals surface area contributed by atoms with Gasteiger partial charge < -0.3 is 5.32 Å². The molecule has 2 N–H and O–H groups in total. The SMILES string of the molecule is O=C(CN(CCc1ccccc1)S(=O)(=O)c1ccccc1)NCCSc1ncn[nH]1. The van der Waals surface area contributed by atoms with Gasteiger partial charge in [0.2, 0.25) is 15.9 Å². The molecule has 0 aliphatic carbocycles. The van der Waals surface area contributed by atoms with Gasteiger partial charge in [0, 0.05) is 18.8 Å². The van der Waals surface area contributed by atoms with Gasteiger partial charge in [-0.15, -0.1) is 0 Å². The van der Waals surface area contributed by atoms with Gasteiger partial charge in [0.05, 0.1) is 11.4 Å². The number of H-pyrrole nitrogens is 1. The summed E-state index contributed by atoms with van der Waals surface area (Å²) in [5.41, 5.74) is 1.01. The summed E-state index contributed by atoms with van der Waals surface area (Å²) in [4.78, 5) is 16.6. The zero-order valence-corrected chi connectivity index (χ0v) is 17.9. The lowest BCUT2D eigenvalue weighted by molar-refractivity contribution is -0.121. The van der Waals surface area contributed by atoms with Gasteiger partial charge >= 0.3 is 0 Å². The molecule has 0 unspecified atom stereocenters. The van der Waals surface area contributed by atoms with Crippen LogP contribution in [0.4, 0.5) is 0 Å². The summed E-state index contributed by atoms with van der Waals surface area (Å²) in [5.74, 6) is 0.247. The van der Waals surface area contributed by atoms with Gasteiger partial charge in [-0.05, 0) is 24.1 Å². The van der Waals surface area contributed by atoms with E-state index in [1.807, 2.05) is 30.3 Å². The molecule has 30 heavy (non-hydrogen) atoms. The standard InChI is InChI=1S/C20H23N5O3S2/c26-19(21-12-14-29-20-22-16-23-24-20)15-25(13-11-17-7-3-1-4-8-17)30(27,28)18-9-5-2-6-10-18/h1-10,16H,11-15H2,(H,21,26)(H,22,23,24). The van der Waals surface area contributed by atoms with Crippen molar-refractivity contribution in [1.82, 2.24) is 24.8 Å². The Labute approximate surface area is 180 Å². The Morgan fingerprint density at radius 2 is 1.77 bits per heavy atom. The zero-order valence-electron chi connectivity index (χ0n) is 16.3. The summed E-state index contributed by atoms with van der Waals surface area (Å²) >= 11 is 1.42. The smallest absolute Gasteiger partial charge is 0.243 e. The van der Waals surface area contributed by atoms with Gasteiger partial charge in [-0.25, -0.2) is 13.4 Å². The number of carbonyl (C=O) groups excluding carboxylic acids is 1. The molecule has 1 amide bonds. The molecule has 2 aromatic carbocycles. The maximum atomic E-state index is 13.1. The van der Waals surface area contributed by atoms with E-state index in [-0.39, 0.29) is 23.9 Å². The number of aromatic amines is 1. The van der Waals surface area contributed by atoms with Gasteiger partial charge in [-0.1, -0.05) is 60.3 Å². The number of sulfonamides is 1. The molecule has 158 valence electrons. The number of benzene rings is 2. The first kappa shape index (κ1) is 22.0. The molecule has 0 aliphatic heterocycles. The quantitative estimate of drug-likeness (QED) is 0.345. The van der Waals surface area contributed by atoms with Crippen LogP contribution in [0.15, 0.2) is 77.0 Å². The first-order valence-corrected chi connectivity index (χ1v) is 11.8. The van der Waals surface area contributed by atoms with Crippen molar-refractivity contribution in [3.05, 3.63) is 72.6 Å². The molecular weight excluding hydrogens is 422 g/mol. The van der Waals surface area contributed by atoms with Crippen LogP contribution in [0, 0.1) is 0 Å². The highest BCUT2D eigenvalue weighted by Gasteiger charge is 2.26. The molecule has 0 fully saturated rings. The predicted octanol–water partition coefficient (Wildman–Crippen LogP) is 1.95. The number of carbonyl (C=O) groups is 1. The van der Waals surface area contributed by atoms with Gasteiger partial charge in [0.15, 0.2) is 5.16 Å². The minimum atomic E-state index is -3.79. The maximum absolute atomic E-state index is 13.1. The molecule has 0 radical (unpaired) electrons. The number of aromatic nitrogens is 3. The minimum absolute atomic E-state index is 0.173. The molecule has 3 aromatic rings. The van der Waals surface area contributed by atoms with Crippen molar-refractivity contribution in [2.45, 2.75) is 16.5 Å². The van der Waals surface area contributed by atoms with Crippen molar-refractivity contribution in [1.29, 1.82) is 0 Å². The van der Waals surface area contributed by atoms with Crippen LogP contribution in [0.5, 0.6) is 0 Å². The number of hydrogen-bond acceptors (Lipinski definition) is 6. The number of thioether (sulfide) groups is 1. The van der Waals surface area contributed by atoms with E-state index in [4.69, 9.17) is 0 Å². The van der Waals surface area contributed by atoms with Crippen LogP contribution in [0.1, 0.15) is 5.56 Å². The highest BCUT2D eigenvalue weighted by atomic mass is 32.2. The molecule has 8 nitrogen and oxygen atoms in total. The Kier molecular flexibility index (Phi) is 8.00. The van der Waals surface area contributed by atoms with Gasteiger partial charge in [0.25, 0.3) is 0 Å². The summed E-state index contributed by atoms with van der Waals surface area (Å²) in [5, 5.41) is 9.92. The summed E-state index contributed by atoms with van der Waals surface area (Å²) < 4.78 is 27.4. The lowest BCUT2D eigenvalue weighted by Gasteiger charge is -2.22. The van der Waals surface area contributed by atoms with Crippen LogP contribution >= 0.6 is 11.8 Å². The van der Waals surface area contributed by atoms with Crippen LogP contribution in [0.3, 0.4) is 0 Å². The average molecular weight is 446 g/mol. The van der Waals surface area contributed by atoms with E-state index >= 15 is 0 Å². The van der Waals surface area contributed by atoms with Crippen LogP contribution in [-0.2, 0) is 21.2 Å². The summed E-state index contributed by atoms with van der Waals surface area (Å²) in [6.07, 6.45) is 1.93. The van der Waals surface area contributed by atoms with Crippen molar-refractivity contribution in [3.8, 4) is 0 Å². The Morgan fingerprint density at radius 1 is 1.07 bits per heavy atom. The van der Waals surface area contributed by atoms with Crippen molar-refractivity contribution >= 4 is 27.7 Å². The fourth-order valence-electron chi connectivity index (χ4n) is 2.74. The molecule has 0 aliphatic rings. The van der Waals surface area contributed by atoms with E-state index in [1.54, 1.807) is 18.2 Å². The van der Waals surface area contributed by atoms with Crippen LogP contribution in [0.2, 0.25) is 0 Å². The molecule has 0 spiro atoms. The number of nitrogens with one attached hydrogen (secondary N) is 2. The Balaban J connectivity index is 1.61. The molecule has 0 atom stereocenters. The Bertz CT molecular complexity index is 1010. The number of rotatable bonds is 11. The largest absolute Gasteiger partial charge is 0.354 e. The highest BCUT2D eigenvalue weighted by molar-refractivity contribution is 7.99. The first-order valence-electron chi connectivity index (χ1n) is 9.40. The summed E-state index contributed by atoms with van der Waals surface area (Å²) in [7, 11) is -3.79. The number of hydrogen-bond donors (Lipinski definition) is 2. The van der Waals surface area contributed by atoms with E-state index < -0.39 is 10.0 Å². The molecule has 0 saturated heterocycles. The van der Waals surface area contributed by atoms with Crippen LogP contribution in [0.25, 0.3) is 0 Å². The van der Waals surface area contributed by atoms with Crippen molar-refractivity contribution < 1.29 is 13.2 Å². The lowest BCUT2D eigenvalue weighted by atomic mass is 10.1. The number of nitrogens with zero attached hydrogens (tertiary/aromatic N) is 3. The topological polar surface area (TPSA) is 108 Å². The van der Waals surface area contributed by atoms with Crippen LogP contribution in [-0.4, -0.2) is 59.2 Å². The van der Waals surface area contributed by atoms with E-state index in [0.29, 0.717) is 23.9 Å². The van der Waals surface area contributed by atoms with Crippen molar-refractivity contribution in [3.63, 3.8) is 0 Å². The normalized spacial score (nSPS) is 11.5. The third-order valence-electron chi connectivity index (χ3n) is 4.25. The molecule has 3 rings (SSSR count). The van der Waals surface area contributed by atoms with E-state index in [9.17, 15) is 13.2 Å². The Morgan fingerprint density at radius 3 is 2.43 bits per heavy atom. The molecular formula is C20H23N5O3S2. The monoisotopic (exact) mass is 445 g/mol. The van der Waals surface area contributed by atoms with Crippen LogP contribution < -0.4 is 5.32 Å². The maximum Gasteiger partial charge on any atom is 0.243 e. The molecule has 0 bridgehead atoms. The summed E-state index contributed by atoms with van der Waals surface area (Å²) in [6.45, 7) is 0.362. The Hall–Kier alpha value is -2.69. The van der Waals surface area contributed by atoms with Gasteiger partial charge in [-0.3, -0.25) is 9.89 Å². The second-order valence-electron chi connectivity index (χ2n) is 6.38. The fourth-order valence-corrected chi connectivity index (χ4v) is 4.80. The third-order valence-corrected chi connectivity index (χ3v) is 6.99. The van der Waals surface area contributed by atoms with Gasteiger partial charge in [0.1, 0.15) is 6.33 Å². The number of amides is 1. The third kappa shape index (κ3) is 6.41. The average Bonchev–Trinajstić information content (AvgIpc) is 3.29.